The van der Waals surface area contributed by atoms with Crippen LogP contribution in [0.3, 0.4) is 0 Å². The van der Waals surface area contributed by atoms with Gasteiger partial charge in [0.15, 0.2) is 0 Å². The van der Waals surface area contributed by atoms with Crippen molar-refractivity contribution in [1.29, 1.82) is 5.26 Å². The molecule has 0 bridgehead atoms. The minimum Gasteiger partial charge on any atom is -0.398 e. The number of Topliss-reactive ketones (excluding diaryl/α,β-unsaturated/α-hetero) is 2. The number of nitrogens with one attached hydrogen (secondary N) is 2. The molecular weight excluding hydrogens is 280 g/mol. The largest absolute Gasteiger partial charge is 0.398 e. The summed E-state index contributed by atoms with van der Waals surface area (Å²) in [4.78, 5) is 25.3. The van der Waals surface area contributed by atoms with E-state index in [9.17, 15) is 14.9 Å². The third-order valence-electron chi connectivity index (χ3n) is 3.61. The van der Waals surface area contributed by atoms with Gasteiger partial charge >= 0.3 is 0 Å². The maximum absolute atomic E-state index is 12.7. The molecule has 0 saturated carbocycles. The summed E-state index contributed by atoms with van der Waals surface area (Å²) >= 11 is 0. The average Bonchev–Trinajstić information content (AvgIpc) is 2.52. The first-order valence-electron chi connectivity index (χ1n) is 7.14. The molecule has 4 N–H and O–H groups in total. The third kappa shape index (κ3) is 2.42. The fourth-order valence-corrected chi connectivity index (χ4v) is 2.45. The molecule has 1 aliphatic rings. The lowest BCUT2D eigenvalue weighted by atomic mass is 9.85. The molecule has 0 atom stereocenters. The van der Waals surface area contributed by atoms with Gasteiger partial charge in [0.25, 0.3) is 0 Å². The van der Waals surface area contributed by atoms with E-state index in [4.69, 9.17) is 5.73 Å². The first kappa shape index (κ1) is 15.6. The Hall–Kier alpha value is -2.81. The number of unbranched alkanes of at least 4 members (excludes halogenated alkanes) is 1. The van der Waals surface area contributed by atoms with E-state index in [1.807, 2.05) is 13.0 Å². The highest BCUT2D eigenvalue weighted by Gasteiger charge is 2.35. The zero-order chi connectivity index (χ0) is 16.3. The monoisotopic (exact) mass is 298 g/mol. The fourth-order valence-electron chi connectivity index (χ4n) is 2.45. The second-order valence-corrected chi connectivity index (χ2v) is 5.00. The Labute approximate surface area is 129 Å². The molecule has 1 aromatic rings. The van der Waals surface area contributed by atoms with Gasteiger partial charge in [0.2, 0.25) is 11.6 Å². The number of nitrogen functional groups attached to an aromatic ring is 1. The van der Waals surface area contributed by atoms with Crippen molar-refractivity contribution in [2.75, 3.05) is 24.6 Å². The van der Waals surface area contributed by atoms with E-state index < -0.39 is 11.6 Å². The van der Waals surface area contributed by atoms with Crippen molar-refractivity contribution in [3.63, 3.8) is 0 Å². The van der Waals surface area contributed by atoms with Crippen LogP contribution in [0, 0.1) is 11.3 Å². The summed E-state index contributed by atoms with van der Waals surface area (Å²) in [5.74, 6) is -0.885. The van der Waals surface area contributed by atoms with Gasteiger partial charge in [-0.05, 0) is 18.6 Å². The molecule has 0 fully saturated rings. The van der Waals surface area contributed by atoms with E-state index >= 15 is 0 Å². The standard InChI is InChI=1S/C16H18N4O2/c1-3-4-7-20-14-9(8-17)15(21)13-11(19-2)6-5-10(18)12(13)16(14)22/h5-6,19-20H,3-4,7,18H2,1-2H3. The summed E-state index contributed by atoms with van der Waals surface area (Å²) in [5, 5.41) is 15.1. The molecule has 0 heterocycles. The first-order valence-corrected chi connectivity index (χ1v) is 7.14. The fraction of sp³-hybridized carbons (Fsp3) is 0.312. The molecule has 0 radical (unpaired) electrons. The van der Waals surface area contributed by atoms with Gasteiger partial charge in [-0.15, -0.1) is 0 Å². The second-order valence-electron chi connectivity index (χ2n) is 5.00. The van der Waals surface area contributed by atoms with E-state index in [0.717, 1.165) is 12.8 Å². The molecule has 0 aromatic heterocycles. The van der Waals surface area contributed by atoms with Gasteiger partial charge in [-0.25, -0.2) is 0 Å². The molecule has 0 aliphatic heterocycles. The maximum atomic E-state index is 12.7. The molecule has 2 rings (SSSR count). The zero-order valence-electron chi connectivity index (χ0n) is 12.6. The summed E-state index contributed by atoms with van der Waals surface area (Å²) in [6.07, 6.45) is 1.77. The van der Waals surface area contributed by atoms with Gasteiger partial charge in [-0.3, -0.25) is 9.59 Å². The van der Waals surface area contributed by atoms with Crippen molar-refractivity contribution >= 4 is 22.9 Å². The predicted octanol–water partition coefficient (Wildman–Crippen LogP) is 1.86. The summed E-state index contributed by atoms with van der Waals surface area (Å²) < 4.78 is 0. The zero-order valence-corrected chi connectivity index (χ0v) is 12.6. The van der Waals surface area contributed by atoms with E-state index in [1.54, 1.807) is 19.2 Å². The average molecular weight is 298 g/mol. The normalized spacial score (nSPS) is 13.7. The minimum absolute atomic E-state index is 0.0494. The van der Waals surface area contributed by atoms with E-state index in [2.05, 4.69) is 10.6 Å². The van der Waals surface area contributed by atoms with Crippen LogP contribution in [0.25, 0.3) is 0 Å². The Balaban J connectivity index is 2.59. The van der Waals surface area contributed by atoms with Crippen molar-refractivity contribution in [3.8, 4) is 6.07 Å². The smallest absolute Gasteiger partial charge is 0.213 e. The minimum atomic E-state index is -0.479. The summed E-state index contributed by atoms with van der Waals surface area (Å²) in [7, 11) is 1.65. The van der Waals surface area contributed by atoms with E-state index in [0.29, 0.717) is 12.2 Å². The molecule has 22 heavy (non-hydrogen) atoms. The van der Waals surface area contributed by atoms with Crippen molar-refractivity contribution in [3.05, 3.63) is 34.5 Å². The quantitative estimate of drug-likeness (QED) is 0.565. The SMILES string of the molecule is CCCCNC1=C(C#N)C(=O)c2c(NC)ccc(N)c2C1=O. The number of benzene rings is 1. The lowest BCUT2D eigenvalue weighted by Gasteiger charge is -2.22. The Kier molecular flexibility index (Phi) is 4.47. The van der Waals surface area contributed by atoms with Crippen LogP contribution >= 0.6 is 0 Å². The number of rotatable bonds is 5. The van der Waals surface area contributed by atoms with Crippen LogP contribution in [0.1, 0.15) is 40.5 Å². The van der Waals surface area contributed by atoms with Gasteiger partial charge < -0.3 is 16.4 Å². The summed E-state index contributed by atoms with van der Waals surface area (Å²) in [5.41, 5.74) is 6.84. The van der Waals surface area contributed by atoms with Crippen LogP contribution in [0.5, 0.6) is 0 Å². The number of nitrogens with two attached hydrogens (primary N) is 1. The van der Waals surface area contributed by atoms with Crippen LogP contribution in [-0.4, -0.2) is 25.2 Å². The molecule has 0 spiro atoms. The van der Waals surface area contributed by atoms with Gasteiger partial charge in [0.05, 0.1) is 11.1 Å². The lowest BCUT2D eigenvalue weighted by molar-refractivity contribution is 0.0973. The Morgan fingerprint density at radius 2 is 1.95 bits per heavy atom. The van der Waals surface area contributed by atoms with Crippen molar-refractivity contribution in [1.82, 2.24) is 5.32 Å². The van der Waals surface area contributed by atoms with Gasteiger partial charge in [0.1, 0.15) is 17.3 Å². The number of ketones is 2. The molecule has 114 valence electrons. The highest BCUT2D eigenvalue weighted by atomic mass is 16.1. The van der Waals surface area contributed by atoms with Crippen LogP contribution < -0.4 is 16.4 Å². The van der Waals surface area contributed by atoms with Crippen LogP contribution in [0.4, 0.5) is 11.4 Å². The van der Waals surface area contributed by atoms with Crippen molar-refractivity contribution in [2.24, 2.45) is 0 Å². The molecule has 0 unspecified atom stereocenters. The second kappa shape index (κ2) is 6.31. The maximum Gasteiger partial charge on any atom is 0.213 e. The number of anilines is 2. The Bertz CT molecular complexity index is 714. The molecule has 1 aliphatic carbocycles. The number of nitrogens with zero attached hydrogens (tertiary/aromatic N) is 1. The lowest BCUT2D eigenvalue weighted by Crippen LogP contribution is -2.32. The Morgan fingerprint density at radius 3 is 2.55 bits per heavy atom. The molecule has 0 saturated heterocycles. The van der Waals surface area contributed by atoms with Crippen molar-refractivity contribution in [2.45, 2.75) is 19.8 Å². The number of nitriles is 1. The summed E-state index contributed by atoms with van der Waals surface area (Å²) in [6.45, 7) is 2.54. The molecule has 6 heteroatoms. The third-order valence-corrected chi connectivity index (χ3v) is 3.61. The molecule has 0 amide bonds. The molecular formula is C16H18N4O2. The van der Waals surface area contributed by atoms with E-state index in [1.165, 1.54) is 0 Å². The van der Waals surface area contributed by atoms with Gasteiger partial charge in [-0.1, -0.05) is 13.3 Å². The topological polar surface area (TPSA) is 108 Å². The number of carbonyl (C=O) groups is 2. The highest BCUT2D eigenvalue weighted by Crippen LogP contribution is 2.33. The summed E-state index contributed by atoms with van der Waals surface area (Å²) in [6, 6.07) is 5.06. The number of carbonyl (C=O) groups excluding carboxylic acids is 2. The molecule has 6 nitrogen and oxygen atoms in total. The van der Waals surface area contributed by atoms with Crippen molar-refractivity contribution < 1.29 is 9.59 Å². The Morgan fingerprint density at radius 1 is 1.23 bits per heavy atom. The first-order chi connectivity index (χ1) is 10.6. The number of hydrogen-bond donors (Lipinski definition) is 3. The van der Waals surface area contributed by atoms with Crippen LogP contribution in [0.15, 0.2) is 23.4 Å². The van der Waals surface area contributed by atoms with Gasteiger partial charge in [0, 0.05) is 25.0 Å². The predicted molar refractivity (Wildman–Crippen MR) is 84.6 cm³/mol. The van der Waals surface area contributed by atoms with E-state index in [-0.39, 0.29) is 28.1 Å². The number of hydrogen-bond acceptors (Lipinski definition) is 6. The highest BCUT2D eigenvalue weighted by molar-refractivity contribution is 6.31. The van der Waals surface area contributed by atoms with Crippen LogP contribution in [-0.2, 0) is 0 Å². The number of fused-ring (bicyclic) bond motifs is 1. The van der Waals surface area contributed by atoms with Crippen LogP contribution in [0.2, 0.25) is 0 Å². The molecule has 1 aromatic carbocycles. The van der Waals surface area contributed by atoms with Gasteiger partial charge in [-0.2, -0.15) is 5.26 Å². The number of allylic oxidation sites excluding steroid dienone is 2.